The molecule has 4 rings (SSSR count). The molecule has 3 aromatic rings. The largest absolute Gasteiger partial charge is 0.341 e. The van der Waals surface area contributed by atoms with E-state index in [1.165, 1.54) is 37.1 Å². The zero-order valence-electron chi connectivity index (χ0n) is 16.9. The Hall–Kier alpha value is -1.95. The number of benzene rings is 2. The number of hydrogen-bond donors (Lipinski definition) is 1. The minimum absolute atomic E-state index is 0.234. The number of hydrogen-bond acceptors (Lipinski definition) is 3. The van der Waals surface area contributed by atoms with Gasteiger partial charge in [0.2, 0.25) is 0 Å². The number of nitrogens with zero attached hydrogens (tertiary/aromatic N) is 3. The lowest BCUT2D eigenvalue weighted by molar-refractivity contribution is 0.141. The van der Waals surface area contributed by atoms with Crippen LogP contribution in [0, 0.1) is 11.7 Å². The number of aromatic amines is 1. The molecule has 1 fully saturated rings. The molecule has 1 aliphatic heterocycles. The van der Waals surface area contributed by atoms with Crippen molar-refractivity contribution < 1.29 is 4.39 Å². The van der Waals surface area contributed by atoms with Gasteiger partial charge in [-0.25, -0.2) is 9.37 Å². The predicted octanol–water partition coefficient (Wildman–Crippen LogP) is 4.74. The summed E-state index contributed by atoms with van der Waals surface area (Å²) in [5.41, 5.74) is 2.93. The number of nitrogens with one attached hydrogen (secondary N) is 1. The number of piperidine rings is 1. The van der Waals surface area contributed by atoms with Crippen molar-refractivity contribution >= 4 is 22.6 Å². The second kappa shape index (κ2) is 9.24. The monoisotopic (exact) mass is 414 g/mol. The normalized spacial score (nSPS) is 18.0. The van der Waals surface area contributed by atoms with E-state index < -0.39 is 0 Å². The molecule has 154 valence electrons. The summed E-state index contributed by atoms with van der Waals surface area (Å²) < 4.78 is 13.4. The number of rotatable bonds is 7. The molecule has 0 aliphatic carbocycles. The Balaban J connectivity index is 1.27. The van der Waals surface area contributed by atoms with Gasteiger partial charge in [0.05, 0.1) is 17.6 Å². The number of likely N-dealkylation sites (tertiary alicyclic amines) is 1. The topological polar surface area (TPSA) is 35.2 Å². The highest BCUT2D eigenvalue weighted by Crippen LogP contribution is 2.20. The molecule has 6 heteroatoms. The molecule has 0 unspecified atom stereocenters. The van der Waals surface area contributed by atoms with Gasteiger partial charge in [-0.1, -0.05) is 23.7 Å². The van der Waals surface area contributed by atoms with Gasteiger partial charge in [0.15, 0.2) is 0 Å². The van der Waals surface area contributed by atoms with E-state index in [9.17, 15) is 4.39 Å². The number of fused-ring (bicyclic) bond motifs is 1. The van der Waals surface area contributed by atoms with Crippen molar-refractivity contribution in [1.29, 1.82) is 0 Å². The van der Waals surface area contributed by atoms with Crippen LogP contribution in [0.15, 0.2) is 42.5 Å². The molecule has 0 amide bonds. The van der Waals surface area contributed by atoms with E-state index in [4.69, 9.17) is 11.6 Å². The van der Waals surface area contributed by atoms with E-state index in [0.717, 1.165) is 54.5 Å². The Morgan fingerprint density at radius 2 is 2.07 bits per heavy atom. The van der Waals surface area contributed by atoms with Gasteiger partial charge in [-0.3, -0.25) is 4.90 Å². The van der Waals surface area contributed by atoms with Crippen molar-refractivity contribution in [2.24, 2.45) is 5.92 Å². The standard InChI is InChI=1S/C23H28ClFN4/c1-28(16-23-26-21-9-8-20(25)13-22(21)27-23)14-18-3-2-11-29(15-18)12-10-17-4-6-19(24)7-5-17/h4-9,13,18H,2-3,10-12,14-16H2,1H3,(H,26,27)/t18-/m1/s1. The summed E-state index contributed by atoms with van der Waals surface area (Å²) in [5, 5.41) is 0.796. The summed E-state index contributed by atoms with van der Waals surface area (Å²) in [5.74, 6) is 1.33. The predicted molar refractivity (Wildman–Crippen MR) is 117 cm³/mol. The van der Waals surface area contributed by atoms with Crippen molar-refractivity contribution in [3.8, 4) is 0 Å². The first-order valence-corrected chi connectivity index (χ1v) is 10.7. The molecule has 0 bridgehead atoms. The number of aromatic nitrogens is 2. The second-order valence-electron chi connectivity index (χ2n) is 8.23. The third-order valence-electron chi connectivity index (χ3n) is 5.72. The van der Waals surface area contributed by atoms with E-state index in [2.05, 4.69) is 38.9 Å². The van der Waals surface area contributed by atoms with Crippen LogP contribution in [0.2, 0.25) is 5.02 Å². The Morgan fingerprint density at radius 1 is 1.24 bits per heavy atom. The first-order valence-electron chi connectivity index (χ1n) is 10.3. The third-order valence-corrected chi connectivity index (χ3v) is 5.97. The molecular weight excluding hydrogens is 387 g/mol. The van der Waals surface area contributed by atoms with Gasteiger partial charge in [-0.05, 0) is 74.7 Å². The number of H-pyrrole nitrogens is 1. The smallest absolute Gasteiger partial charge is 0.125 e. The van der Waals surface area contributed by atoms with Crippen molar-refractivity contribution in [3.05, 3.63) is 64.7 Å². The molecule has 4 nitrogen and oxygen atoms in total. The summed E-state index contributed by atoms with van der Waals surface area (Å²) in [6, 6.07) is 12.9. The fourth-order valence-corrected chi connectivity index (χ4v) is 4.44. The molecule has 0 saturated carbocycles. The first-order chi connectivity index (χ1) is 14.0. The van der Waals surface area contributed by atoms with Gasteiger partial charge >= 0.3 is 0 Å². The molecule has 0 radical (unpaired) electrons. The van der Waals surface area contributed by atoms with Crippen molar-refractivity contribution in [1.82, 2.24) is 19.8 Å². The SMILES string of the molecule is CN(Cc1nc2ccc(F)cc2[nH]1)C[C@H]1CCCN(CCc2ccc(Cl)cc2)C1. The lowest BCUT2D eigenvalue weighted by atomic mass is 9.97. The van der Waals surface area contributed by atoms with Crippen molar-refractivity contribution in [2.45, 2.75) is 25.8 Å². The van der Waals surface area contributed by atoms with Crippen LogP contribution in [0.4, 0.5) is 4.39 Å². The minimum atomic E-state index is -0.234. The summed E-state index contributed by atoms with van der Waals surface area (Å²) in [7, 11) is 2.14. The zero-order chi connectivity index (χ0) is 20.2. The second-order valence-corrected chi connectivity index (χ2v) is 8.66. The summed E-state index contributed by atoms with van der Waals surface area (Å²) in [6.45, 7) is 5.21. The van der Waals surface area contributed by atoms with Crippen LogP contribution in [0.3, 0.4) is 0 Å². The highest BCUT2D eigenvalue weighted by Gasteiger charge is 2.21. The average Bonchev–Trinajstić information content (AvgIpc) is 3.09. The Labute approximate surface area is 176 Å². The van der Waals surface area contributed by atoms with Gasteiger partial charge in [0.1, 0.15) is 11.6 Å². The van der Waals surface area contributed by atoms with Gasteiger partial charge in [-0.2, -0.15) is 0 Å². The Morgan fingerprint density at radius 3 is 2.90 bits per heavy atom. The molecule has 1 atom stereocenters. The van der Waals surface area contributed by atoms with Crippen LogP contribution in [-0.4, -0.2) is 53.0 Å². The van der Waals surface area contributed by atoms with E-state index in [1.54, 1.807) is 6.07 Å². The molecule has 0 spiro atoms. The van der Waals surface area contributed by atoms with Crippen molar-refractivity contribution in [3.63, 3.8) is 0 Å². The lowest BCUT2D eigenvalue weighted by Gasteiger charge is -2.34. The molecule has 2 aromatic carbocycles. The van der Waals surface area contributed by atoms with E-state index in [-0.39, 0.29) is 5.82 Å². The van der Waals surface area contributed by atoms with Gasteiger partial charge < -0.3 is 9.88 Å². The highest BCUT2D eigenvalue weighted by atomic mass is 35.5. The molecule has 1 saturated heterocycles. The van der Waals surface area contributed by atoms with Crippen LogP contribution in [0.25, 0.3) is 11.0 Å². The molecular formula is C23H28ClFN4. The van der Waals surface area contributed by atoms with Crippen LogP contribution in [0.1, 0.15) is 24.2 Å². The van der Waals surface area contributed by atoms with Crippen LogP contribution >= 0.6 is 11.6 Å². The third kappa shape index (κ3) is 5.56. The molecule has 29 heavy (non-hydrogen) atoms. The summed E-state index contributed by atoms with van der Waals surface area (Å²) >= 11 is 5.98. The first kappa shape index (κ1) is 20.3. The lowest BCUT2D eigenvalue weighted by Crippen LogP contribution is -2.40. The quantitative estimate of drug-likeness (QED) is 0.606. The summed E-state index contributed by atoms with van der Waals surface area (Å²) in [6.07, 6.45) is 3.59. The Kier molecular flexibility index (Phi) is 6.48. The zero-order valence-corrected chi connectivity index (χ0v) is 17.6. The summed E-state index contributed by atoms with van der Waals surface area (Å²) in [4.78, 5) is 12.7. The van der Waals surface area contributed by atoms with E-state index in [0.29, 0.717) is 5.92 Å². The fraction of sp³-hybridized carbons (Fsp3) is 0.435. The van der Waals surface area contributed by atoms with Crippen LogP contribution in [-0.2, 0) is 13.0 Å². The maximum atomic E-state index is 13.4. The minimum Gasteiger partial charge on any atom is -0.341 e. The van der Waals surface area contributed by atoms with Gasteiger partial charge in [0, 0.05) is 24.7 Å². The fourth-order valence-electron chi connectivity index (χ4n) is 4.31. The van der Waals surface area contributed by atoms with E-state index >= 15 is 0 Å². The molecule has 1 N–H and O–H groups in total. The maximum Gasteiger partial charge on any atom is 0.125 e. The number of imidazole rings is 1. The average molecular weight is 415 g/mol. The van der Waals surface area contributed by atoms with Crippen LogP contribution in [0.5, 0.6) is 0 Å². The Bertz CT molecular complexity index is 940. The van der Waals surface area contributed by atoms with Crippen molar-refractivity contribution in [2.75, 3.05) is 33.2 Å². The molecule has 1 aromatic heterocycles. The highest BCUT2D eigenvalue weighted by molar-refractivity contribution is 6.30. The molecule has 1 aliphatic rings. The van der Waals surface area contributed by atoms with Crippen LogP contribution < -0.4 is 0 Å². The van der Waals surface area contributed by atoms with Gasteiger partial charge in [0.25, 0.3) is 0 Å². The van der Waals surface area contributed by atoms with Gasteiger partial charge in [-0.15, -0.1) is 0 Å². The maximum absolute atomic E-state index is 13.4. The molecule has 2 heterocycles. The van der Waals surface area contributed by atoms with E-state index in [1.807, 2.05) is 12.1 Å². The number of halogens is 2.